The summed E-state index contributed by atoms with van der Waals surface area (Å²) in [7, 11) is 0. The van der Waals surface area contributed by atoms with Crippen molar-refractivity contribution in [3.8, 4) is 17.2 Å². The Labute approximate surface area is 106 Å². The van der Waals surface area contributed by atoms with Crippen molar-refractivity contribution in [3.63, 3.8) is 0 Å². The van der Waals surface area contributed by atoms with Crippen LogP contribution in [0.25, 0.3) is 0 Å². The predicted octanol–water partition coefficient (Wildman–Crippen LogP) is 3.26. The molecule has 0 aliphatic heterocycles. The molecule has 3 heteroatoms. The number of rotatable bonds is 2. The van der Waals surface area contributed by atoms with Gasteiger partial charge < -0.3 is 15.3 Å². The van der Waals surface area contributed by atoms with Crippen LogP contribution >= 0.6 is 0 Å². The summed E-state index contributed by atoms with van der Waals surface area (Å²) in [4.78, 5) is 0. The lowest BCUT2D eigenvalue weighted by Crippen LogP contribution is -1.99. The first-order valence-corrected chi connectivity index (χ1v) is 5.80. The highest BCUT2D eigenvalue weighted by Crippen LogP contribution is 2.36. The molecule has 0 aliphatic carbocycles. The maximum absolute atomic E-state index is 9.95. The van der Waals surface area contributed by atoms with Crippen LogP contribution in [0.1, 0.15) is 29.5 Å². The second kappa shape index (κ2) is 4.61. The average molecular weight is 244 g/mol. The molecule has 1 atom stereocenters. The summed E-state index contributed by atoms with van der Waals surface area (Å²) >= 11 is 0. The van der Waals surface area contributed by atoms with Crippen LogP contribution in [0.2, 0.25) is 0 Å². The summed E-state index contributed by atoms with van der Waals surface area (Å²) in [5, 5.41) is 28.6. The van der Waals surface area contributed by atoms with Crippen LogP contribution in [0.3, 0.4) is 0 Å². The number of hydrogen-bond acceptors (Lipinski definition) is 3. The van der Waals surface area contributed by atoms with Crippen molar-refractivity contribution in [2.24, 2.45) is 0 Å². The summed E-state index contributed by atoms with van der Waals surface area (Å²) < 4.78 is 0. The number of phenolic OH excluding ortho intramolecular Hbond substituents is 3. The highest BCUT2D eigenvalue weighted by atomic mass is 16.3. The minimum atomic E-state index is -0.00815. The van der Waals surface area contributed by atoms with Crippen LogP contribution in [-0.4, -0.2) is 15.3 Å². The summed E-state index contributed by atoms with van der Waals surface area (Å²) in [5.74, 6) is 0.364. The number of benzene rings is 2. The Balaban J connectivity index is 2.46. The molecule has 2 rings (SSSR count). The first-order chi connectivity index (χ1) is 8.49. The Hall–Kier alpha value is -2.16. The highest BCUT2D eigenvalue weighted by Gasteiger charge is 2.16. The maximum Gasteiger partial charge on any atom is 0.123 e. The molecule has 0 fully saturated rings. The first kappa shape index (κ1) is 12.3. The quantitative estimate of drug-likeness (QED) is 0.759. The van der Waals surface area contributed by atoms with E-state index in [1.807, 2.05) is 26.0 Å². The zero-order chi connectivity index (χ0) is 13.3. The SMILES string of the molecule is Cc1cc(O)cc(O)c1C(C)c1ccc(O)cc1. The van der Waals surface area contributed by atoms with Gasteiger partial charge in [-0.25, -0.2) is 0 Å². The molecule has 2 aromatic carbocycles. The molecule has 94 valence electrons. The lowest BCUT2D eigenvalue weighted by atomic mass is 9.89. The van der Waals surface area contributed by atoms with Gasteiger partial charge in [0.25, 0.3) is 0 Å². The molecule has 0 saturated carbocycles. The van der Waals surface area contributed by atoms with Crippen LogP contribution in [0.15, 0.2) is 36.4 Å². The van der Waals surface area contributed by atoms with Gasteiger partial charge in [0.05, 0.1) is 0 Å². The second-order valence-corrected chi connectivity index (χ2v) is 4.51. The molecule has 18 heavy (non-hydrogen) atoms. The molecular formula is C15H16O3. The third-order valence-electron chi connectivity index (χ3n) is 3.18. The number of aryl methyl sites for hydroxylation is 1. The minimum absolute atomic E-state index is 0.00815. The van der Waals surface area contributed by atoms with Crippen molar-refractivity contribution in [1.82, 2.24) is 0 Å². The van der Waals surface area contributed by atoms with E-state index in [4.69, 9.17) is 0 Å². The van der Waals surface area contributed by atoms with Gasteiger partial charge in [0.1, 0.15) is 17.2 Å². The highest BCUT2D eigenvalue weighted by molar-refractivity contribution is 5.50. The van der Waals surface area contributed by atoms with E-state index in [1.54, 1.807) is 18.2 Å². The molecule has 0 saturated heterocycles. The molecule has 3 nitrogen and oxygen atoms in total. The van der Waals surface area contributed by atoms with Crippen LogP contribution < -0.4 is 0 Å². The van der Waals surface area contributed by atoms with Gasteiger partial charge in [-0.2, -0.15) is 0 Å². The average Bonchev–Trinajstić information content (AvgIpc) is 2.28. The normalized spacial score (nSPS) is 12.3. The molecule has 0 radical (unpaired) electrons. The molecule has 3 N–H and O–H groups in total. The van der Waals surface area contributed by atoms with E-state index in [2.05, 4.69) is 0 Å². The zero-order valence-corrected chi connectivity index (χ0v) is 10.4. The lowest BCUT2D eigenvalue weighted by Gasteiger charge is -2.17. The molecule has 0 aromatic heterocycles. The molecule has 0 heterocycles. The van der Waals surface area contributed by atoms with Crippen LogP contribution in [0, 0.1) is 6.92 Å². The summed E-state index contributed by atoms with van der Waals surface area (Å²) in [6.45, 7) is 3.83. The Morgan fingerprint density at radius 2 is 1.50 bits per heavy atom. The van der Waals surface area contributed by atoms with E-state index in [1.165, 1.54) is 6.07 Å². The number of phenols is 3. The topological polar surface area (TPSA) is 60.7 Å². The van der Waals surface area contributed by atoms with Crippen molar-refractivity contribution in [1.29, 1.82) is 0 Å². The van der Waals surface area contributed by atoms with Gasteiger partial charge in [-0.3, -0.25) is 0 Å². The van der Waals surface area contributed by atoms with E-state index in [9.17, 15) is 15.3 Å². The Kier molecular flexibility index (Phi) is 3.15. The van der Waals surface area contributed by atoms with Crippen molar-refractivity contribution in [2.45, 2.75) is 19.8 Å². The standard InChI is InChI=1S/C15H16O3/c1-9-7-13(17)8-14(18)15(9)10(2)11-3-5-12(16)6-4-11/h3-8,10,16-18H,1-2H3. The first-order valence-electron chi connectivity index (χ1n) is 5.80. The monoisotopic (exact) mass is 244 g/mol. The third kappa shape index (κ3) is 2.25. The summed E-state index contributed by atoms with van der Waals surface area (Å²) in [6, 6.07) is 9.87. The number of aromatic hydroxyl groups is 3. The van der Waals surface area contributed by atoms with E-state index in [-0.39, 0.29) is 23.2 Å². The summed E-state index contributed by atoms with van der Waals surface area (Å²) in [5.41, 5.74) is 2.63. The molecule has 0 bridgehead atoms. The van der Waals surface area contributed by atoms with Crippen molar-refractivity contribution < 1.29 is 15.3 Å². The third-order valence-corrected chi connectivity index (χ3v) is 3.18. The number of hydrogen-bond donors (Lipinski definition) is 3. The fraction of sp³-hybridized carbons (Fsp3) is 0.200. The zero-order valence-electron chi connectivity index (χ0n) is 10.4. The Morgan fingerprint density at radius 1 is 0.889 bits per heavy atom. The second-order valence-electron chi connectivity index (χ2n) is 4.51. The lowest BCUT2D eigenvalue weighted by molar-refractivity contribution is 0.443. The molecule has 0 spiro atoms. The summed E-state index contributed by atoms with van der Waals surface area (Å²) in [6.07, 6.45) is 0. The van der Waals surface area contributed by atoms with E-state index in [0.29, 0.717) is 0 Å². The minimum Gasteiger partial charge on any atom is -0.508 e. The van der Waals surface area contributed by atoms with E-state index < -0.39 is 0 Å². The Bertz CT molecular complexity index is 535. The Morgan fingerprint density at radius 3 is 2.06 bits per heavy atom. The van der Waals surface area contributed by atoms with E-state index >= 15 is 0 Å². The van der Waals surface area contributed by atoms with Crippen molar-refractivity contribution >= 4 is 0 Å². The smallest absolute Gasteiger partial charge is 0.123 e. The molecule has 2 aromatic rings. The molecule has 0 aliphatic rings. The van der Waals surface area contributed by atoms with E-state index in [0.717, 1.165) is 16.7 Å². The molecule has 0 amide bonds. The van der Waals surface area contributed by atoms with Gasteiger partial charge in [0.15, 0.2) is 0 Å². The van der Waals surface area contributed by atoms with Gasteiger partial charge in [-0.05, 0) is 36.2 Å². The van der Waals surface area contributed by atoms with Crippen LogP contribution in [-0.2, 0) is 0 Å². The fourth-order valence-corrected chi connectivity index (χ4v) is 2.25. The van der Waals surface area contributed by atoms with Crippen molar-refractivity contribution in [2.75, 3.05) is 0 Å². The predicted molar refractivity (Wildman–Crippen MR) is 70.1 cm³/mol. The van der Waals surface area contributed by atoms with Gasteiger partial charge in [-0.1, -0.05) is 19.1 Å². The maximum atomic E-state index is 9.95. The van der Waals surface area contributed by atoms with Gasteiger partial charge in [-0.15, -0.1) is 0 Å². The fourth-order valence-electron chi connectivity index (χ4n) is 2.25. The van der Waals surface area contributed by atoms with Gasteiger partial charge in [0, 0.05) is 17.5 Å². The van der Waals surface area contributed by atoms with Crippen LogP contribution in [0.4, 0.5) is 0 Å². The van der Waals surface area contributed by atoms with Gasteiger partial charge >= 0.3 is 0 Å². The van der Waals surface area contributed by atoms with Crippen molar-refractivity contribution in [3.05, 3.63) is 53.1 Å². The molecular weight excluding hydrogens is 228 g/mol. The van der Waals surface area contributed by atoms with Gasteiger partial charge in [0.2, 0.25) is 0 Å². The van der Waals surface area contributed by atoms with Crippen LogP contribution in [0.5, 0.6) is 17.2 Å². The molecule has 1 unspecified atom stereocenters. The largest absolute Gasteiger partial charge is 0.508 e.